The number of nitrogens with zero attached hydrogens (tertiary/aromatic N) is 1. The Morgan fingerprint density at radius 2 is 1.69 bits per heavy atom. The van der Waals surface area contributed by atoms with E-state index < -0.39 is 0 Å². The molecule has 5 nitrogen and oxygen atoms in total. The van der Waals surface area contributed by atoms with Crippen LogP contribution in [0.1, 0.15) is 34.8 Å². The second-order valence-corrected chi connectivity index (χ2v) is 6.94. The van der Waals surface area contributed by atoms with Gasteiger partial charge in [-0.15, -0.1) is 0 Å². The zero-order chi connectivity index (χ0) is 18.5. The first kappa shape index (κ1) is 18.1. The fraction of sp³-hybridized carbons (Fsp3) is 0.333. The average Bonchev–Trinajstić information content (AvgIpc) is 3.48. The minimum Gasteiger partial charge on any atom is -0.350 e. The third-order valence-corrected chi connectivity index (χ3v) is 4.63. The molecule has 1 saturated carbocycles. The number of hydrogen-bond acceptors (Lipinski definition) is 3. The van der Waals surface area contributed by atoms with Gasteiger partial charge in [-0.25, -0.2) is 0 Å². The molecule has 1 aliphatic rings. The molecule has 136 valence electrons. The molecular formula is C21H25N3O2. The van der Waals surface area contributed by atoms with Crippen molar-refractivity contribution in [3.63, 3.8) is 0 Å². The van der Waals surface area contributed by atoms with E-state index in [1.807, 2.05) is 32.3 Å². The van der Waals surface area contributed by atoms with Crippen LogP contribution in [0.15, 0.2) is 54.6 Å². The molecule has 2 aromatic carbocycles. The Labute approximate surface area is 154 Å². The summed E-state index contributed by atoms with van der Waals surface area (Å²) in [6, 6.07) is 17.3. The lowest BCUT2D eigenvalue weighted by atomic mass is 10.1. The van der Waals surface area contributed by atoms with Crippen LogP contribution in [0.2, 0.25) is 0 Å². The van der Waals surface area contributed by atoms with Crippen LogP contribution in [0.25, 0.3) is 0 Å². The first-order valence-electron chi connectivity index (χ1n) is 8.95. The molecule has 0 spiro atoms. The van der Waals surface area contributed by atoms with E-state index in [0.717, 1.165) is 24.1 Å². The van der Waals surface area contributed by atoms with Crippen molar-refractivity contribution in [1.82, 2.24) is 10.2 Å². The molecule has 26 heavy (non-hydrogen) atoms. The second kappa shape index (κ2) is 8.15. The highest BCUT2D eigenvalue weighted by Gasteiger charge is 2.29. The fourth-order valence-corrected chi connectivity index (χ4v) is 2.86. The number of carbonyl (C=O) groups is 2. The lowest BCUT2D eigenvalue weighted by Crippen LogP contribution is -2.34. The molecule has 2 aromatic rings. The van der Waals surface area contributed by atoms with Crippen LogP contribution in [0.4, 0.5) is 5.69 Å². The topological polar surface area (TPSA) is 61.4 Å². The van der Waals surface area contributed by atoms with Crippen molar-refractivity contribution < 1.29 is 9.59 Å². The quantitative estimate of drug-likeness (QED) is 0.806. The molecule has 2 amide bonds. The number of anilines is 1. The Morgan fingerprint density at radius 1 is 1.04 bits per heavy atom. The van der Waals surface area contributed by atoms with E-state index in [0.29, 0.717) is 12.1 Å². The van der Waals surface area contributed by atoms with E-state index in [4.69, 9.17) is 0 Å². The summed E-state index contributed by atoms with van der Waals surface area (Å²) in [5, 5.41) is 5.88. The standard InChI is InChI=1S/C21H25N3O2/c1-24(2)19(15-6-4-3-5-7-15)14-22-20(25)16-10-12-18(13-11-16)23-21(26)17-8-9-17/h3-7,10-13,17,19H,8-9,14H2,1-2H3,(H,22,25)(H,23,26)/t19-/m1/s1. The fourth-order valence-electron chi connectivity index (χ4n) is 2.86. The van der Waals surface area contributed by atoms with Crippen LogP contribution in [-0.2, 0) is 4.79 Å². The van der Waals surface area contributed by atoms with E-state index in [1.165, 1.54) is 0 Å². The van der Waals surface area contributed by atoms with Gasteiger partial charge in [0.15, 0.2) is 0 Å². The molecule has 3 rings (SSSR count). The monoisotopic (exact) mass is 351 g/mol. The molecule has 2 N–H and O–H groups in total. The number of carbonyl (C=O) groups excluding carboxylic acids is 2. The maximum atomic E-state index is 12.4. The van der Waals surface area contributed by atoms with Gasteiger partial charge in [0.2, 0.25) is 5.91 Å². The molecule has 0 unspecified atom stereocenters. The van der Waals surface area contributed by atoms with Crippen LogP contribution in [0.5, 0.6) is 0 Å². The van der Waals surface area contributed by atoms with Gasteiger partial charge in [0.25, 0.3) is 5.91 Å². The number of benzene rings is 2. The normalized spacial score (nSPS) is 14.7. The Bertz CT molecular complexity index is 753. The van der Waals surface area contributed by atoms with Crippen molar-refractivity contribution in [2.24, 2.45) is 5.92 Å². The summed E-state index contributed by atoms with van der Waals surface area (Å²) in [5.74, 6) is 0.116. The van der Waals surface area contributed by atoms with Gasteiger partial charge in [-0.05, 0) is 56.8 Å². The Kier molecular flexibility index (Phi) is 5.68. The Balaban J connectivity index is 1.57. The van der Waals surface area contributed by atoms with Crippen molar-refractivity contribution in [3.05, 3.63) is 65.7 Å². The first-order valence-corrected chi connectivity index (χ1v) is 8.95. The molecular weight excluding hydrogens is 326 g/mol. The van der Waals surface area contributed by atoms with Crippen molar-refractivity contribution in [1.29, 1.82) is 0 Å². The van der Waals surface area contributed by atoms with Crippen LogP contribution < -0.4 is 10.6 Å². The van der Waals surface area contributed by atoms with Gasteiger partial charge in [-0.2, -0.15) is 0 Å². The van der Waals surface area contributed by atoms with Gasteiger partial charge >= 0.3 is 0 Å². The van der Waals surface area contributed by atoms with Crippen LogP contribution >= 0.6 is 0 Å². The molecule has 1 aliphatic carbocycles. The van der Waals surface area contributed by atoms with E-state index in [-0.39, 0.29) is 23.8 Å². The highest BCUT2D eigenvalue weighted by atomic mass is 16.2. The highest BCUT2D eigenvalue weighted by molar-refractivity contribution is 5.96. The van der Waals surface area contributed by atoms with Gasteiger partial charge in [-0.1, -0.05) is 30.3 Å². The zero-order valence-electron chi connectivity index (χ0n) is 15.2. The number of hydrogen-bond donors (Lipinski definition) is 2. The molecule has 1 fully saturated rings. The lowest BCUT2D eigenvalue weighted by molar-refractivity contribution is -0.117. The predicted octanol–water partition coefficient (Wildman–Crippen LogP) is 3.07. The largest absolute Gasteiger partial charge is 0.350 e. The minimum absolute atomic E-state index is 0.0684. The molecule has 1 atom stereocenters. The summed E-state index contributed by atoms with van der Waals surface area (Å²) in [4.78, 5) is 26.3. The van der Waals surface area contributed by atoms with Gasteiger partial charge < -0.3 is 15.5 Å². The van der Waals surface area contributed by atoms with Crippen molar-refractivity contribution >= 4 is 17.5 Å². The summed E-state index contributed by atoms with van der Waals surface area (Å²) < 4.78 is 0. The summed E-state index contributed by atoms with van der Waals surface area (Å²) in [5.41, 5.74) is 2.48. The van der Waals surface area contributed by atoms with Crippen molar-refractivity contribution in [3.8, 4) is 0 Å². The zero-order valence-corrected chi connectivity index (χ0v) is 15.2. The van der Waals surface area contributed by atoms with Gasteiger partial charge in [0, 0.05) is 23.7 Å². The molecule has 0 saturated heterocycles. The minimum atomic E-state index is -0.118. The Morgan fingerprint density at radius 3 is 2.27 bits per heavy atom. The lowest BCUT2D eigenvalue weighted by Gasteiger charge is -2.25. The number of rotatable bonds is 7. The SMILES string of the molecule is CN(C)[C@H](CNC(=O)c1ccc(NC(=O)C2CC2)cc1)c1ccccc1. The molecule has 0 aromatic heterocycles. The Hall–Kier alpha value is -2.66. The van der Waals surface area contributed by atoms with Gasteiger partial charge in [0.05, 0.1) is 6.04 Å². The summed E-state index contributed by atoms with van der Waals surface area (Å²) in [7, 11) is 4.00. The molecule has 0 heterocycles. The first-order chi connectivity index (χ1) is 12.5. The van der Waals surface area contributed by atoms with Crippen LogP contribution in [0.3, 0.4) is 0 Å². The smallest absolute Gasteiger partial charge is 0.251 e. The second-order valence-electron chi connectivity index (χ2n) is 6.94. The molecule has 0 aliphatic heterocycles. The van der Waals surface area contributed by atoms with E-state index in [2.05, 4.69) is 27.7 Å². The third-order valence-electron chi connectivity index (χ3n) is 4.63. The predicted molar refractivity (Wildman–Crippen MR) is 103 cm³/mol. The van der Waals surface area contributed by atoms with Gasteiger partial charge in [-0.3, -0.25) is 9.59 Å². The number of likely N-dealkylation sites (N-methyl/N-ethyl adjacent to an activating group) is 1. The third kappa shape index (κ3) is 4.70. The van der Waals surface area contributed by atoms with Crippen LogP contribution in [0, 0.1) is 5.92 Å². The van der Waals surface area contributed by atoms with Crippen molar-refractivity contribution in [2.75, 3.05) is 26.0 Å². The maximum absolute atomic E-state index is 12.4. The number of amides is 2. The maximum Gasteiger partial charge on any atom is 0.251 e. The van der Waals surface area contributed by atoms with Crippen molar-refractivity contribution in [2.45, 2.75) is 18.9 Å². The van der Waals surface area contributed by atoms with E-state index in [1.54, 1.807) is 24.3 Å². The van der Waals surface area contributed by atoms with Gasteiger partial charge in [0.1, 0.15) is 0 Å². The van der Waals surface area contributed by atoms with E-state index >= 15 is 0 Å². The summed E-state index contributed by atoms with van der Waals surface area (Å²) in [6.07, 6.45) is 1.95. The highest BCUT2D eigenvalue weighted by Crippen LogP contribution is 2.30. The molecule has 0 bridgehead atoms. The van der Waals surface area contributed by atoms with Crippen LogP contribution in [-0.4, -0.2) is 37.4 Å². The average molecular weight is 351 g/mol. The molecule has 0 radical (unpaired) electrons. The number of nitrogens with one attached hydrogen (secondary N) is 2. The van der Waals surface area contributed by atoms with E-state index in [9.17, 15) is 9.59 Å². The summed E-state index contributed by atoms with van der Waals surface area (Å²) >= 11 is 0. The summed E-state index contributed by atoms with van der Waals surface area (Å²) in [6.45, 7) is 0.524. The molecule has 5 heteroatoms.